The van der Waals surface area contributed by atoms with E-state index in [-0.39, 0.29) is 18.3 Å². The smallest absolute Gasteiger partial charge is 0.224 e. The van der Waals surface area contributed by atoms with Gasteiger partial charge in [0.2, 0.25) is 5.88 Å². The monoisotopic (exact) mass is 192 g/mol. The average Bonchev–Trinajstić information content (AvgIpc) is 2.49. The Morgan fingerprint density at radius 2 is 2.07 bits per heavy atom. The van der Waals surface area contributed by atoms with E-state index in [4.69, 9.17) is 5.11 Å². The number of aromatic hydroxyl groups is 1. The van der Waals surface area contributed by atoms with Crippen molar-refractivity contribution >= 4 is 16.6 Å². The lowest BCUT2D eigenvalue weighted by molar-refractivity contribution is 0.202. The van der Waals surface area contributed by atoms with Crippen molar-refractivity contribution < 1.29 is 10.2 Å². The fourth-order valence-corrected chi connectivity index (χ4v) is 1.50. The van der Waals surface area contributed by atoms with E-state index in [1.54, 1.807) is 24.3 Å². The van der Waals surface area contributed by atoms with Crippen molar-refractivity contribution in [1.82, 2.24) is 4.57 Å². The van der Waals surface area contributed by atoms with Gasteiger partial charge in [-0.05, 0) is 11.2 Å². The minimum atomic E-state index is -0.387. The summed E-state index contributed by atoms with van der Waals surface area (Å²) in [5.74, 6) is -0.302. The summed E-state index contributed by atoms with van der Waals surface area (Å²) in [4.78, 5) is 10.5. The van der Waals surface area contributed by atoms with E-state index in [0.29, 0.717) is 10.9 Å². The molecule has 0 aliphatic heterocycles. The molecule has 0 unspecified atom stereocenters. The van der Waals surface area contributed by atoms with Gasteiger partial charge in [0, 0.05) is 5.39 Å². The Morgan fingerprint density at radius 1 is 1.36 bits per heavy atom. The number of aliphatic hydroxyl groups excluding tert-OH is 1. The fraction of sp³-hybridized carbons (Fsp3) is 0.111. The molecule has 0 atom stereocenters. The molecular formula is C9H8N2O3. The van der Waals surface area contributed by atoms with Gasteiger partial charge >= 0.3 is 0 Å². The van der Waals surface area contributed by atoms with E-state index < -0.39 is 0 Å². The van der Waals surface area contributed by atoms with Crippen LogP contribution in [0, 0.1) is 4.91 Å². The zero-order valence-corrected chi connectivity index (χ0v) is 7.21. The second-order valence-corrected chi connectivity index (χ2v) is 2.85. The van der Waals surface area contributed by atoms with Crippen LogP contribution in [0.15, 0.2) is 29.4 Å². The molecule has 0 spiro atoms. The predicted molar refractivity (Wildman–Crippen MR) is 51.3 cm³/mol. The molecule has 1 aromatic heterocycles. The summed E-state index contributed by atoms with van der Waals surface area (Å²) in [6, 6.07) is 6.85. The molecule has 0 aliphatic rings. The number of para-hydroxylation sites is 1. The van der Waals surface area contributed by atoms with Gasteiger partial charge in [0.05, 0.1) is 5.52 Å². The van der Waals surface area contributed by atoms with Crippen molar-refractivity contribution in [1.29, 1.82) is 0 Å². The van der Waals surface area contributed by atoms with Crippen LogP contribution < -0.4 is 0 Å². The van der Waals surface area contributed by atoms with E-state index in [2.05, 4.69) is 5.18 Å². The second-order valence-electron chi connectivity index (χ2n) is 2.85. The quantitative estimate of drug-likeness (QED) is 0.711. The average molecular weight is 192 g/mol. The molecule has 0 fully saturated rings. The molecule has 0 amide bonds. The number of rotatable bonds is 2. The summed E-state index contributed by atoms with van der Waals surface area (Å²) < 4.78 is 1.21. The largest absolute Gasteiger partial charge is 0.493 e. The van der Waals surface area contributed by atoms with Crippen molar-refractivity contribution in [2.45, 2.75) is 6.73 Å². The van der Waals surface area contributed by atoms with Gasteiger partial charge in [0.25, 0.3) is 0 Å². The third kappa shape index (κ3) is 0.993. The topological polar surface area (TPSA) is 74.8 Å². The van der Waals surface area contributed by atoms with E-state index in [1.165, 1.54) is 4.57 Å². The number of nitroso groups, excluding NO2 is 1. The maximum atomic E-state index is 10.5. The first kappa shape index (κ1) is 8.71. The van der Waals surface area contributed by atoms with Crippen molar-refractivity contribution in [3.8, 4) is 5.88 Å². The number of hydrogen-bond acceptors (Lipinski definition) is 4. The molecule has 0 radical (unpaired) electrons. The Hall–Kier alpha value is -1.88. The van der Waals surface area contributed by atoms with Crippen molar-refractivity contribution in [2.24, 2.45) is 5.18 Å². The van der Waals surface area contributed by atoms with Crippen molar-refractivity contribution in [3.05, 3.63) is 29.2 Å². The number of hydrogen-bond donors (Lipinski definition) is 2. The molecule has 1 heterocycles. The number of aromatic nitrogens is 1. The molecule has 5 heteroatoms. The standard InChI is InChI=1S/C9H8N2O3/c12-5-11-7-4-2-1-3-6(7)8(10-14)9(11)13/h1-4,12-13H,5H2. The first-order chi connectivity index (χ1) is 6.79. The maximum Gasteiger partial charge on any atom is 0.224 e. The minimum absolute atomic E-state index is 0.0327. The molecule has 0 saturated heterocycles. The van der Waals surface area contributed by atoms with Gasteiger partial charge in [-0.25, -0.2) is 0 Å². The third-order valence-corrected chi connectivity index (χ3v) is 2.15. The molecule has 14 heavy (non-hydrogen) atoms. The second kappa shape index (κ2) is 3.12. The molecule has 0 saturated carbocycles. The highest BCUT2D eigenvalue weighted by molar-refractivity contribution is 5.94. The number of aliphatic hydroxyl groups is 1. The molecule has 72 valence electrons. The van der Waals surface area contributed by atoms with Gasteiger partial charge in [-0.1, -0.05) is 18.2 Å². The Bertz CT molecular complexity index is 490. The van der Waals surface area contributed by atoms with Crippen LogP contribution in [-0.4, -0.2) is 14.8 Å². The zero-order valence-electron chi connectivity index (χ0n) is 7.21. The van der Waals surface area contributed by atoms with Gasteiger partial charge < -0.3 is 10.2 Å². The molecule has 0 aliphatic carbocycles. The summed E-state index contributed by atoms with van der Waals surface area (Å²) in [6.07, 6.45) is 0. The van der Waals surface area contributed by atoms with Crippen molar-refractivity contribution in [2.75, 3.05) is 0 Å². The molecule has 5 nitrogen and oxygen atoms in total. The summed E-state index contributed by atoms with van der Waals surface area (Å²) >= 11 is 0. The number of fused-ring (bicyclic) bond motifs is 1. The molecule has 2 rings (SSSR count). The fourth-order valence-electron chi connectivity index (χ4n) is 1.50. The number of nitrogens with zero attached hydrogens (tertiary/aromatic N) is 2. The van der Waals surface area contributed by atoms with Gasteiger partial charge in [0.15, 0.2) is 5.69 Å². The van der Waals surface area contributed by atoms with E-state index in [1.807, 2.05) is 0 Å². The van der Waals surface area contributed by atoms with Crippen LogP contribution >= 0.6 is 0 Å². The normalized spacial score (nSPS) is 10.6. The summed E-state index contributed by atoms with van der Waals surface area (Å²) in [7, 11) is 0. The van der Waals surface area contributed by atoms with Gasteiger partial charge in [-0.3, -0.25) is 4.57 Å². The highest BCUT2D eigenvalue weighted by atomic mass is 16.3. The lowest BCUT2D eigenvalue weighted by Gasteiger charge is -1.99. The minimum Gasteiger partial charge on any atom is -0.493 e. The number of benzene rings is 1. The lowest BCUT2D eigenvalue weighted by atomic mass is 10.2. The Kier molecular flexibility index (Phi) is 1.94. The third-order valence-electron chi connectivity index (χ3n) is 2.15. The lowest BCUT2D eigenvalue weighted by Crippen LogP contribution is -1.94. The van der Waals surface area contributed by atoms with E-state index >= 15 is 0 Å². The highest BCUT2D eigenvalue weighted by Gasteiger charge is 2.15. The van der Waals surface area contributed by atoms with Gasteiger partial charge in [0.1, 0.15) is 6.73 Å². The van der Waals surface area contributed by atoms with Crippen LogP contribution in [0.1, 0.15) is 0 Å². The predicted octanol–water partition coefficient (Wildman–Crippen LogP) is 1.69. The van der Waals surface area contributed by atoms with E-state index in [0.717, 1.165) is 0 Å². The molecule has 2 aromatic rings. The molecule has 1 aromatic carbocycles. The maximum absolute atomic E-state index is 10.5. The Morgan fingerprint density at radius 3 is 2.71 bits per heavy atom. The van der Waals surface area contributed by atoms with E-state index in [9.17, 15) is 10.0 Å². The summed E-state index contributed by atoms with van der Waals surface area (Å²) in [5.41, 5.74) is 0.553. The first-order valence-electron chi connectivity index (χ1n) is 4.04. The molecular weight excluding hydrogens is 184 g/mol. The van der Waals surface area contributed by atoms with Crippen molar-refractivity contribution in [3.63, 3.8) is 0 Å². The molecule has 0 bridgehead atoms. The zero-order chi connectivity index (χ0) is 10.1. The first-order valence-corrected chi connectivity index (χ1v) is 4.04. The van der Waals surface area contributed by atoms with Crippen LogP contribution in [0.25, 0.3) is 10.9 Å². The Balaban J connectivity index is 2.91. The SMILES string of the molecule is O=Nc1c(O)n(CO)c2ccccc12. The summed E-state index contributed by atoms with van der Waals surface area (Å²) in [6.45, 7) is -0.387. The Labute approximate surface area is 79.2 Å². The van der Waals surface area contributed by atoms with Crippen LogP contribution in [-0.2, 0) is 6.73 Å². The van der Waals surface area contributed by atoms with Crippen LogP contribution in [0.4, 0.5) is 5.69 Å². The van der Waals surface area contributed by atoms with Gasteiger partial charge in [-0.2, -0.15) is 0 Å². The van der Waals surface area contributed by atoms with Crippen LogP contribution in [0.5, 0.6) is 5.88 Å². The highest BCUT2D eigenvalue weighted by Crippen LogP contribution is 2.37. The van der Waals surface area contributed by atoms with Gasteiger partial charge in [-0.15, -0.1) is 4.91 Å². The molecule has 2 N–H and O–H groups in total. The summed E-state index contributed by atoms with van der Waals surface area (Å²) in [5, 5.41) is 21.8. The van der Waals surface area contributed by atoms with Crippen LogP contribution in [0.2, 0.25) is 0 Å². The van der Waals surface area contributed by atoms with Crippen LogP contribution in [0.3, 0.4) is 0 Å².